The Morgan fingerprint density at radius 2 is 1.91 bits per heavy atom. The summed E-state index contributed by atoms with van der Waals surface area (Å²) in [6.07, 6.45) is 10.4. The maximum Gasteiger partial charge on any atom is 0.178 e. The molecule has 0 amide bonds. The molecule has 0 aromatic carbocycles. The molecule has 0 bridgehead atoms. The number of aromatic nitrogens is 1. The Bertz CT molecular complexity index is 586. The summed E-state index contributed by atoms with van der Waals surface area (Å²) in [6.45, 7) is 9.60. The smallest absolute Gasteiger partial charge is 0.178 e. The number of hydrogen-bond donors (Lipinski definition) is 1. The molecule has 0 radical (unpaired) electrons. The number of likely N-dealkylation sites (N-methyl/N-ethyl adjacent to an activating group) is 1. The first-order chi connectivity index (χ1) is 10.2. The van der Waals surface area contributed by atoms with Gasteiger partial charge in [-0.1, -0.05) is 13.8 Å². The highest BCUT2D eigenvalue weighted by molar-refractivity contribution is 8.93. The van der Waals surface area contributed by atoms with E-state index in [0.29, 0.717) is 0 Å². The van der Waals surface area contributed by atoms with E-state index >= 15 is 0 Å². The van der Waals surface area contributed by atoms with Crippen molar-refractivity contribution in [1.29, 1.82) is 0 Å². The van der Waals surface area contributed by atoms with Crippen LogP contribution in [0.3, 0.4) is 0 Å². The lowest BCUT2D eigenvalue weighted by Gasteiger charge is -2.39. The van der Waals surface area contributed by atoms with E-state index in [9.17, 15) is 0 Å². The van der Waals surface area contributed by atoms with Gasteiger partial charge in [0, 0.05) is 25.1 Å². The van der Waals surface area contributed by atoms with E-state index in [0.717, 1.165) is 31.2 Å². The first-order valence-electron chi connectivity index (χ1n) is 7.56. The zero-order chi connectivity index (χ0) is 14.9. The maximum atomic E-state index is 4.60. The van der Waals surface area contributed by atoms with Crippen molar-refractivity contribution < 1.29 is 0 Å². The number of hydrogen-bond acceptors (Lipinski definition) is 4. The lowest BCUT2D eigenvalue weighted by Crippen LogP contribution is -2.56. The standard InChI is InChI=1S/C16H23N5.BrH/c1-4-19(5-2)13-16(3)18-17-15-14(9-8-12-21(15)16)20-10-6-7-11-20;/h6-12,18H,4-5,13H2,1-3H3;1H. The summed E-state index contributed by atoms with van der Waals surface area (Å²) < 4.78 is 2.10. The summed E-state index contributed by atoms with van der Waals surface area (Å²) in [5, 5.41) is 4.60. The average Bonchev–Trinajstić information content (AvgIpc) is 3.14. The predicted octanol–water partition coefficient (Wildman–Crippen LogP) is 2.71. The summed E-state index contributed by atoms with van der Waals surface area (Å²) >= 11 is 0. The van der Waals surface area contributed by atoms with Crippen molar-refractivity contribution in [3.63, 3.8) is 0 Å². The minimum Gasteiger partial charge on any atom is -0.321 e. The van der Waals surface area contributed by atoms with Crippen LogP contribution in [0.5, 0.6) is 0 Å². The van der Waals surface area contributed by atoms with Crippen molar-refractivity contribution in [2.75, 3.05) is 19.6 Å². The maximum absolute atomic E-state index is 4.60. The summed E-state index contributed by atoms with van der Waals surface area (Å²) in [6, 6.07) is 4.06. The van der Waals surface area contributed by atoms with Crippen LogP contribution in [0.1, 0.15) is 20.8 Å². The Morgan fingerprint density at radius 1 is 1.23 bits per heavy atom. The Balaban J connectivity index is 0.00000176. The molecule has 3 heterocycles. The van der Waals surface area contributed by atoms with Crippen molar-refractivity contribution in [2.24, 2.45) is 5.10 Å². The fraction of sp³-hybridized carbons (Fsp3) is 0.438. The van der Waals surface area contributed by atoms with Gasteiger partial charge in [0.25, 0.3) is 0 Å². The first-order valence-corrected chi connectivity index (χ1v) is 7.56. The highest BCUT2D eigenvalue weighted by atomic mass is 79.9. The van der Waals surface area contributed by atoms with E-state index in [2.05, 4.69) is 64.0 Å². The fourth-order valence-electron chi connectivity index (χ4n) is 2.92. The molecule has 6 heteroatoms. The van der Waals surface area contributed by atoms with E-state index in [1.807, 2.05) is 24.5 Å². The fourth-order valence-corrected chi connectivity index (χ4v) is 2.92. The topological polar surface area (TPSA) is 35.8 Å². The molecule has 5 nitrogen and oxygen atoms in total. The number of halogens is 1. The van der Waals surface area contributed by atoms with Crippen molar-refractivity contribution in [3.8, 4) is 0 Å². The number of hydrazone groups is 1. The zero-order valence-corrected chi connectivity index (χ0v) is 15.1. The molecule has 2 aliphatic rings. The van der Waals surface area contributed by atoms with Crippen molar-refractivity contribution in [1.82, 2.24) is 19.8 Å². The Morgan fingerprint density at radius 3 is 2.55 bits per heavy atom. The van der Waals surface area contributed by atoms with Crippen LogP contribution in [0.25, 0.3) is 5.70 Å². The third kappa shape index (κ3) is 2.85. The van der Waals surface area contributed by atoms with E-state index in [-0.39, 0.29) is 22.6 Å². The Labute approximate surface area is 142 Å². The van der Waals surface area contributed by atoms with Gasteiger partial charge >= 0.3 is 0 Å². The molecule has 0 saturated carbocycles. The molecule has 0 aliphatic carbocycles. The van der Waals surface area contributed by atoms with Crippen molar-refractivity contribution in [3.05, 3.63) is 42.9 Å². The number of fused-ring (bicyclic) bond motifs is 1. The summed E-state index contributed by atoms with van der Waals surface area (Å²) in [4.78, 5) is 4.65. The molecule has 1 atom stereocenters. The van der Waals surface area contributed by atoms with Crippen LogP contribution in [-0.2, 0) is 0 Å². The normalized spacial score (nSPS) is 22.8. The largest absolute Gasteiger partial charge is 0.321 e. The molecule has 0 fully saturated rings. The van der Waals surface area contributed by atoms with E-state index in [1.165, 1.54) is 0 Å². The van der Waals surface area contributed by atoms with Gasteiger partial charge in [-0.3, -0.25) is 10.3 Å². The molecule has 22 heavy (non-hydrogen) atoms. The molecule has 1 aromatic heterocycles. The molecule has 1 unspecified atom stereocenters. The van der Waals surface area contributed by atoms with Crippen molar-refractivity contribution >= 4 is 28.5 Å². The second-order valence-electron chi connectivity index (χ2n) is 5.64. The van der Waals surface area contributed by atoms with Crippen LogP contribution in [0.4, 0.5) is 0 Å². The van der Waals surface area contributed by atoms with Gasteiger partial charge in [-0.05, 0) is 44.3 Å². The molecule has 0 saturated heterocycles. The van der Waals surface area contributed by atoms with Crippen LogP contribution in [0.2, 0.25) is 0 Å². The summed E-state index contributed by atoms with van der Waals surface area (Å²) in [5.41, 5.74) is 4.22. The molecule has 1 N–H and O–H groups in total. The van der Waals surface area contributed by atoms with Gasteiger partial charge < -0.3 is 9.47 Å². The van der Waals surface area contributed by atoms with Gasteiger partial charge in [0.2, 0.25) is 0 Å². The predicted molar refractivity (Wildman–Crippen MR) is 96.8 cm³/mol. The summed E-state index contributed by atoms with van der Waals surface area (Å²) in [7, 11) is 0. The molecule has 120 valence electrons. The van der Waals surface area contributed by atoms with Gasteiger partial charge in [0.05, 0.1) is 5.70 Å². The lowest BCUT2D eigenvalue weighted by molar-refractivity contribution is 0.140. The van der Waals surface area contributed by atoms with Gasteiger partial charge in [0.15, 0.2) is 5.84 Å². The number of rotatable bonds is 5. The second-order valence-corrected chi connectivity index (χ2v) is 5.64. The third-order valence-electron chi connectivity index (χ3n) is 4.19. The SMILES string of the molecule is Br.CCN(CC)CC1(C)NN=C2C(n3cccc3)=CC=CN21. The van der Waals surface area contributed by atoms with Gasteiger partial charge in [0.1, 0.15) is 5.66 Å². The zero-order valence-electron chi connectivity index (χ0n) is 13.4. The highest BCUT2D eigenvalue weighted by Crippen LogP contribution is 2.28. The number of nitrogens with one attached hydrogen (secondary N) is 1. The first kappa shape index (κ1) is 16.8. The molecular formula is C16H24BrN5. The molecule has 0 spiro atoms. The molecule has 1 aromatic rings. The van der Waals surface area contributed by atoms with Gasteiger partial charge in [-0.2, -0.15) is 5.10 Å². The van der Waals surface area contributed by atoms with Crippen LogP contribution >= 0.6 is 17.0 Å². The number of nitrogens with zero attached hydrogens (tertiary/aromatic N) is 4. The van der Waals surface area contributed by atoms with Gasteiger partial charge in [-0.25, -0.2) is 0 Å². The lowest BCUT2D eigenvalue weighted by atomic mass is 10.1. The van der Waals surface area contributed by atoms with E-state index in [1.54, 1.807) is 0 Å². The average molecular weight is 366 g/mol. The molecule has 3 rings (SSSR count). The monoisotopic (exact) mass is 365 g/mol. The minimum absolute atomic E-state index is 0. The summed E-state index contributed by atoms with van der Waals surface area (Å²) in [5.74, 6) is 0.975. The minimum atomic E-state index is -0.204. The van der Waals surface area contributed by atoms with Crippen LogP contribution in [0, 0.1) is 0 Å². The molecular weight excluding hydrogens is 342 g/mol. The van der Waals surface area contributed by atoms with Crippen LogP contribution in [-0.4, -0.2) is 45.5 Å². The van der Waals surface area contributed by atoms with Crippen molar-refractivity contribution in [2.45, 2.75) is 26.4 Å². The Kier molecular flexibility index (Phi) is 5.13. The second kappa shape index (κ2) is 6.71. The van der Waals surface area contributed by atoms with Gasteiger partial charge in [-0.15, -0.1) is 17.0 Å². The molecule has 2 aliphatic heterocycles. The Hall–Kier alpha value is -1.53. The highest BCUT2D eigenvalue weighted by Gasteiger charge is 2.41. The van der Waals surface area contributed by atoms with Crippen LogP contribution in [0.15, 0.2) is 48.0 Å². The number of allylic oxidation sites excluding steroid dienone is 2. The van der Waals surface area contributed by atoms with E-state index < -0.39 is 0 Å². The van der Waals surface area contributed by atoms with E-state index in [4.69, 9.17) is 0 Å². The quantitative estimate of drug-likeness (QED) is 0.871. The van der Waals surface area contributed by atoms with Crippen LogP contribution < -0.4 is 5.43 Å². The third-order valence-corrected chi connectivity index (χ3v) is 4.19. The number of amidine groups is 1.